The van der Waals surface area contributed by atoms with Gasteiger partial charge in [-0.05, 0) is 34.0 Å². The van der Waals surface area contributed by atoms with Gasteiger partial charge in [0.25, 0.3) is 9.05 Å². The van der Waals surface area contributed by atoms with Crippen LogP contribution in [-0.4, -0.2) is 21.0 Å². The highest BCUT2D eigenvalue weighted by Crippen LogP contribution is 2.31. The van der Waals surface area contributed by atoms with Crippen LogP contribution >= 0.6 is 38.2 Å². The smallest absolute Gasteiger partial charge is 0.339 e. The van der Waals surface area contributed by atoms with Crippen LogP contribution in [0.25, 0.3) is 0 Å². The van der Waals surface area contributed by atoms with Gasteiger partial charge in [-0.15, -0.1) is 0 Å². The predicted octanol–water partition coefficient (Wildman–Crippen LogP) is 3.84. The van der Waals surface area contributed by atoms with E-state index >= 15 is 0 Å². The van der Waals surface area contributed by atoms with Crippen molar-refractivity contribution in [3.63, 3.8) is 0 Å². The fourth-order valence-electron chi connectivity index (χ4n) is 1.19. The minimum Gasteiger partial charge on any atom is -0.462 e. The molecule has 0 heterocycles. The number of ether oxygens (including phenoxy) is 1. The van der Waals surface area contributed by atoms with Crippen molar-refractivity contribution in [2.24, 2.45) is 5.92 Å². The highest BCUT2D eigenvalue weighted by molar-refractivity contribution is 9.10. The summed E-state index contributed by atoms with van der Waals surface area (Å²) in [6.07, 6.45) is 0. The van der Waals surface area contributed by atoms with E-state index in [1.54, 1.807) is 0 Å². The molecule has 1 aromatic carbocycles. The molecule has 19 heavy (non-hydrogen) atoms. The average molecular weight is 390 g/mol. The van der Waals surface area contributed by atoms with Gasteiger partial charge in [-0.25, -0.2) is 13.2 Å². The Morgan fingerprint density at radius 3 is 2.47 bits per heavy atom. The maximum atomic E-state index is 11.8. The molecule has 0 spiro atoms. The van der Waals surface area contributed by atoms with Gasteiger partial charge in [0.2, 0.25) is 0 Å². The molecule has 8 heteroatoms. The van der Waals surface area contributed by atoms with Gasteiger partial charge in [0, 0.05) is 15.2 Å². The molecule has 0 aliphatic heterocycles. The van der Waals surface area contributed by atoms with Gasteiger partial charge in [0.1, 0.15) is 0 Å². The van der Waals surface area contributed by atoms with E-state index in [0.29, 0.717) is 0 Å². The molecular weight excluding hydrogens is 379 g/mol. The molecule has 0 saturated heterocycles. The largest absolute Gasteiger partial charge is 0.462 e. The van der Waals surface area contributed by atoms with Crippen molar-refractivity contribution in [1.29, 1.82) is 0 Å². The monoisotopic (exact) mass is 388 g/mol. The van der Waals surface area contributed by atoms with Crippen LogP contribution in [0.2, 0.25) is 5.02 Å². The number of esters is 1. The van der Waals surface area contributed by atoms with Crippen LogP contribution in [0.4, 0.5) is 0 Å². The Labute approximate surface area is 129 Å². The van der Waals surface area contributed by atoms with Crippen molar-refractivity contribution >= 4 is 53.2 Å². The number of halogens is 3. The lowest BCUT2D eigenvalue weighted by Gasteiger charge is -2.10. The third-order valence-corrected chi connectivity index (χ3v) is 4.65. The fourth-order valence-corrected chi connectivity index (χ4v) is 3.76. The van der Waals surface area contributed by atoms with Crippen molar-refractivity contribution in [3.8, 4) is 0 Å². The van der Waals surface area contributed by atoms with Gasteiger partial charge in [-0.1, -0.05) is 25.4 Å². The Hall–Kier alpha value is -0.300. The van der Waals surface area contributed by atoms with E-state index in [-0.39, 0.29) is 32.5 Å². The van der Waals surface area contributed by atoms with Crippen molar-refractivity contribution in [1.82, 2.24) is 0 Å². The molecule has 0 aliphatic rings. The molecule has 0 aliphatic carbocycles. The maximum absolute atomic E-state index is 11.8. The molecule has 1 aromatic rings. The number of rotatable bonds is 4. The van der Waals surface area contributed by atoms with Crippen LogP contribution in [0, 0.1) is 5.92 Å². The summed E-state index contributed by atoms with van der Waals surface area (Å²) in [6.45, 7) is 3.98. The second kappa shape index (κ2) is 6.43. The van der Waals surface area contributed by atoms with E-state index in [4.69, 9.17) is 27.0 Å². The van der Waals surface area contributed by atoms with E-state index in [2.05, 4.69) is 15.9 Å². The van der Waals surface area contributed by atoms with Crippen LogP contribution < -0.4 is 0 Å². The van der Waals surface area contributed by atoms with E-state index in [9.17, 15) is 13.2 Å². The summed E-state index contributed by atoms with van der Waals surface area (Å²) in [4.78, 5) is 11.6. The first-order valence-electron chi connectivity index (χ1n) is 5.23. The maximum Gasteiger partial charge on any atom is 0.339 e. The van der Waals surface area contributed by atoms with E-state index in [1.807, 2.05) is 13.8 Å². The molecule has 0 N–H and O–H groups in total. The zero-order chi connectivity index (χ0) is 14.8. The van der Waals surface area contributed by atoms with E-state index < -0.39 is 15.0 Å². The quantitative estimate of drug-likeness (QED) is 0.579. The lowest BCUT2D eigenvalue weighted by molar-refractivity contribution is 0.0459. The molecule has 4 nitrogen and oxygen atoms in total. The predicted molar refractivity (Wildman–Crippen MR) is 77.3 cm³/mol. The lowest BCUT2D eigenvalue weighted by atomic mass is 10.2. The molecule has 106 valence electrons. The van der Waals surface area contributed by atoms with Crippen LogP contribution in [0.3, 0.4) is 0 Å². The Morgan fingerprint density at radius 2 is 2.00 bits per heavy atom. The Morgan fingerprint density at radius 1 is 1.42 bits per heavy atom. The van der Waals surface area contributed by atoms with Gasteiger partial charge in [-0.3, -0.25) is 0 Å². The number of hydrogen-bond donors (Lipinski definition) is 0. The van der Waals surface area contributed by atoms with Crippen LogP contribution in [0.5, 0.6) is 0 Å². The van der Waals surface area contributed by atoms with Gasteiger partial charge in [0.15, 0.2) is 0 Å². The summed E-state index contributed by atoms with van der Waals surface area (Å²) in [5.41, 5.74) is -0.0373. The molecule has 1 rings (SSSR count). The van der Waals surface area contributed by atoms with Crippen LogP contribution in [0.15, 0.2) is 21.5 Å². The first-order valence-corrected chi connectivity index (χ1v) is 8.71. The van der Waals surface area contributed by atoms with Crippen LogP contribution in [0.1, 0.15) is 24.2 Å². The van der Waals surface area contributed by atoms with Crippen molar-refractivity contribution in [2.75, 3.05) is 6.61 Å². The zero-order valence-corrected chi connectivity index (χ0v) is 14.0. The van der Waals surface area contributed by atoms with E-state index in [0.717, 1.165) is 6.07 Å². The van der Waals surface area contributed by atoms with Crippen molar-refractivity contribution < 1.29 is 17.9 Å². The molecular formula is C11H11BrCl2O4S. The minimum absolute atomic E-state index is 0.0373. The summed E-state index contributed by atoms with van der Waals surface area (Å²) in [6, 6.07) is 2.39. The van der Waals surface area contributed by atoms with Gasteiger partial charge < -0.3 is 4.74 Å². The number of benzene rings is 1. The van der Waals surface area contributed by atoms with Gasteiger partial charge in [-0.2, -0.15) is 0 Å². The molecule has 0 radical (unpaired) electrons. The fraction of sp³-hybridized carbons (Fsp3) is 0.364. The number of hydrogen-bond acceptors (Lipinski definition) is 4. The average Bonchev–Trinajstić information content (AvgIpc) is 2.24. The lowest BCUT2D eigenvalue weighted by Crippen LogP contribution is -2.11. The second-order valence-electron chi connectivity index (χ2n) is 4.19. The SMILES string of the molecule is CC(C)COC(=O)c1cc(S(=O)(=O)Cl)c(Br)cc1Cl. The Kier molecular flexibility index (Phi) is 5.67. The molecule has 0 amide bonds. The summed E-state index contributed by atoms with van der Waals surface area (Å²) in [5.74, 6) is -0.526. The van der Waals surface area contributed by atoms with Crippen molar-refractivity contribution in [2.45, 2.75) is 18.7 Å². The summed E-state index contributed by atoms with van der Waals surface area (Å²) < 4.78 is 27.9. The van der Waals surface area contributed by atoms with Gasteiger partial charge >= 0.3 is 5.97 Å². The topological polar surface area (TPSA) is 60.4 Å². The van der Waals surface area contributed by atoms with Gasteiger partial charge in [0.05, 0.1) is 22.1 Å². The van der Waals surface area contributed by atoms with Crippen molar-refractivity contribution in [3.05, 3.63) is 27.2 Å². The zero-order valence-electron chi connectivity index (χ0n) is 10.1. The molecule has 0 unspecified atom stereocenters. The highest BCUT2D eigenvalue weighted by atomic mass is 79.9. The number of carbonyl (C=O) groups excluding carboxylic acids is 1. The Balaban J connectivity index is 3.19. The third kappa shape index (κ3) is 4.63. The normalized spacial score (nSPS) is 11.7. The Bertz CT molecular complexity index is 599. The summed E-state index contributed by atoms with van der Waals surface area (Å²) >= 11 is 8.92. The molecule has 0 fully saturated rings. The molecule has 0 bridgehead atoms. The third-order valence-electron chi connectivity index (χ3n) is 2.05. The second-order valence-corrected chi connectivity index (χ2v) is 7.99. The first-order chi connectivity index (χ1) is 8.62. The summed E-state index contributed by atoms with van der Waals surface area (Å²) in [7, 11) is 1.29. The minimum atomic E-state index is -3.98. The molecule has 0 atom stereocenters. The number of carbonyl (C=O) groups is 1. The highest BCUT2D eigenvalue weighted by Gasteiger charge is 2.21. The standard InChI is InChI=1S/C11H11BrCl2O4S/c1-6(2)5-18-11(15)7-3-10(19(14,16)17)8(12)4-9(7)13/h3-4,6H,5H2,1-2H3. The summed E-state index contributed by atoms with van der Waals surface area (Å²) in [5, 5.41) is 0.0877. The van der Waals surface area contributed by atoms with E-state index in [1.165, 1.54) is 6.07 Å². The molecule has 0 saturated carbocycles. The molecule has 0 aromatic heterocycles. The first kappa shape index (κ1) is 16.8. The van der Waals surface area contributed by atoms with Crippen LogP contribution in [-0.2, 0) is 13.8 Å².